The Bertz CT molecular complexity index is 457. The van der Waals surface area contributed by atoms with E-state index in [1.807, 2.05) is 12.1 Å². The molecule has 4 heteroatoms. The number of rotatable bonds is 2. The van der Waals surface area contributed by atoms with Crippen LogP contribution in [0.5, 0.6) is 0 Å². The second kappa shape index (κ2) is 4.59. The number of hydrogen-bond donors (Lipinski definition) is 2. The largest absolute Gasteiger partial charge is 0.384 e. The molecule has 2 atom stereocenters. The van der Waals surface area contributed by atoms with Crippen LogP contribution < -0.4 is 10.6 Å². The van der Waals surface area contributed by atoms with Gasteiger partial charge in [0.15, 0.2) is 0 Å². The fourth-order valence-corrected chi connectivity index (χ4v) is 3.55. The molecule has 18 heavy (non-hydrogen) atoms. The molecule has 0 bridgehead atoms. The molecular weight excluding hydrogens is 224 g/mol. The Labute approximate surface area is 108 Å². The molecule has 1 aliphatic carbocycles. The van der Waals surface area contributed by atoms with Crippen LogP contribution in [0.25, 0.3) is 0 Å². The van der Waals surface area contributed by atoms with Gasteiger partial charge in [-0.2, -0.15) is 0 Å². The molecule has 1 aliphatic heterocycles. The van der Waals surface area contributed by atoms with Gasteiger partial charge in [0, 0.05) is 18.8 Å². The van der Waals surface area contributed by atoms with Crippen LogP contribution in [-0.4, -0.2) is 23.4 Å². The van der Waals surface area contributed by atoms with Crippen molar-refractivity contribution < 1.29 is 0 Å². The van der Waals surface area contributed by atoms with E-state index in [2.05, 4.69) is 9.88 Å². The lowest BCUT2D eigenvalue weighted by Crippen LogP contribution is -2.44. The Morgan fingerprint density at radius 3 is 3.00 bits per heavy atom. The molecule has 0 amide bonds. The molecule has 1 aromatic heterocycles. The highest BCUT2D eigenvalue weighted by Crippen LogP contribution is 2.39. The minimum atomic E-state index is 0.123. The summed E-state index contributed by atoms with van der Waals surface area (Å²) in [6.45, 7) is 1.05. The van der Waals surface area contributed by atoms with E-state index >= 15 is 0 Å². The number of piperidine rings is 1. The third kappa shape index (κ3) is 1.85. The van der Waals surface area contributed by atoms with E-state index in [-0.39, 0.29) is 5.84 Å². The summed E-state index contributed by atoms with van der Waals surface area (Å²) in [5.41, 5.74) is 6.46. The second-order valence-corrected chi connectivity index (χ2v) is 5.38. The summed E-state index contributed by atoms with van der Waals surface area (Å²) in [5, 5.41) is 7.69. The molecule has 1 saturated carbocycles. The normalized spacial score (nSPS) is 27.0. The summed E-state index contributed by atoms with van der Waals surface area (Å²) in [6.07, 6.45) is 8.33. The Kier molecular flexibility index (Phi) is 2.94. The van der Waals surface area contributed by atoms with Gasteiger partial charge < -0.3 is 10.6 Å². The number of hydrogen-bond acceptors (Lipinski definition) is 3. The van der Waals surface area contributed by atoms with E-state index in [0.29, 0.717) is 6.04 Å². The minimum Gasteiger partial charge on any atom is -0.384 e. The first-order valence-corrected chi connectivity index (χ1v) is 6.83. The Morgan fingerprint density at radius 1 is 1.33 bits per heavy atom. The van der Waals surface area contributed by atoms with Gasteiger partial charge in [-0.1, -0.05) is 6.42 Å². The zero-order chi connectivity index (χ0) is 12.5. The zero-order valence-electron chi connectivity index (χ0n) is 10.6. The number of nitrogens with two attached hydrogens (primary N) is 1. The first-order valence-electron chi connectivity index (χ1n) is 6.83. The Balaban J connectivity index is 1.96. The predicted octanol–water partition coefficient (Wildman–Crippen LogP) is 2.13. The van der Waals surface area contributed by atoms with Crippen molar-refractivity contribution in [2.24, 2.45) is 11.7 Å². The molecular formula is C14H20N4. The van der Waals surface area contributed by atoms with Gasteiger partial charge >= 0.3 is 0 Å². The Hall–Kier alpha value is -1.58. The molecule has 1 saturated heterocycles. The van der Waals surface area contributed by atoms with Gasteiger partial charge in [-0.25, -0.2) is 4.98 Å². The molecule has 96 valence electrons. The van der Waals surface area contributed by atoms with Gasteiger partial charge in [0.2, 0.25) is 0 Å². The summed E-state index contributed by atoms with van der Waals surface area (Å²) in [4.78, 5) is 6.89. The van der Waals surface area contributed by atoms with Crippen LogP contribution >= 0.6 is 0 Å². The molecule has 0 aromatic carbocycles. The van der Waals surface area contributed by atoms with E-state index < -0.39 is 0 Å². The first-order chi connectivity index (χ1) is 8.77. The van der Waals surface area contributed by atoms with E-state index in [9.17, 15) is 0 Å². The molecule has 2 fully saturated rings. The molecule has 3 N–H and O–H groups in total. The van der Waals surface area contributed by atoms with Crippen molar-refractivity contribution in [1.29, 1.82) is 5.41 Å². The van der Waals surface area contributed by atoms with Gasteiger partial charge in [0.25, 0.3) is 0 Å². The zero-order valence-corrected chi connectivity index (χ0v) is 10.6. The highest BCUT2D eigenvalue weighted by atomic mass is 15.2. The molecule has 3 rings (SSSR count). The molecule has 4 nitrogen and oxygen atoms in total. The third-order valence-corrected chi connectivity index (χ3v) is 4.34. The number of aromatic nitrogens is 1. The highest BCUT2D eigenvalue weighted by molar-refractivity contribution is 5.99. The first kappa shape index (κ1) is 11.5. The number of amidine groups is 1. The van der Waals surface area contributed by atoms with Crippen molar-refractivity contribution in [2.45, 2.75) is 38.1 Å². The maximum atomic E-state index is 7.69. The van der Waals surface area contributed by atoms with Crippen LogP contribution in [0, 0.1) is 11.3 Å². The summed E-state index contributed by atoms with van der Waals surface area (Å²) >= 11 is 0. The number of nitrogens with zero attached hydrogens (tertiary/aromatic N) is 2. The third-order valence-electron chi connectivity index (χ3n) is 4.34. The minimum absolute atomic E-state index is 0.123. The maximum Gasteiger partial charge on any atom is 0.139 e. The molecule has 1 aromatic rings. The molecule has 2 heterocycles. The van der Waals surface area contributed by atoms with Crippen LogP contribution in [-0.2, 0) is 0 Å². The standard InChI is InChI=1S/C14H20N4/c15-13(16)11-6-2-8-17-14(11)18-9-3-5-10-4-1-7-12(10)18/h2,6,8,10,12H,1,3-5,7,9H2,(H3,15,16). The van der Waals surface area contributed by atoms with Crippen LogP contribution in [0.2, 0.25) is 0 Å². The molecule has 2 aliphatic rings. The van der Waals surface area contributed by atoms with Crippen molar-refractivity contribution in [3.8, 4) is 0 Å². The van der Waals surface area contributed by atoms with Gasteiger partial charge in [-0.05, 0) is 43.7 Å². The number of anilines is 1. The lowest BCUT2D eigenvalue weighted by molar-refractivity contribution is 0.360. The van der Waals surface area contributed by atoms with Crippen LogP contribution in [0.4, 0.5) is 5.82 Å². The number of nitrogens with one attached hydrogen (secondary N) is 1. The SMILES string of the molecule is N=C(N)c1cccnc1N1CCCC2CCCC21. The van der Waals surface area contributed by atoms with Gasteiger partial charge in [0.1, 0.15) is 11.7 Å². The molecule has 0 spiro atoms. The summed E-state index contributed by atoms with van der Waals surface area (Å²) in [5.74, 6) is 1.86. The van der Waals surface area contributed by atoms with Gasteiger partial charge in [-0.15, -0.1) is 0 Å². The van der Waals surface area contributed by atoms with E-state index in [1.54, 1.807) is 6.20 Å². The average Bonchev–Trinajstić information content (AvgIpc) is 2.86. The smallest absolute Gasteiger partial charge is 0.139 e. The van der Waals surface area contributed by atoms with E-state index in [1.165, 1.54) is 32.1 Å². The van der Waals surface area contributed by atoms with Gasteiger partial charge in [0.05, 0.1) is 5.56 Å². The fraction of sp³-hybridized carbons (Fsp3) is 0.571. The monoisotopic (exact) mass is 244 g/mol. The quantitative estimate of drug-likeness (QED) is 0.618. The summed E-state index contributed by atoms with van der Waals surface area (Å²) < 4.78 is 0. The number of pyridine rings is 1. The number of nitrogen functional groups attached to an aromatic ring is 1. The highest BCUT2D eigenvalue weighted by Gasteiger charge is 2.36. The second-order valence-electron chi connectivity index (χ2n) is 5.38. The fourth-order valence-electron chi connectivity index (χ4n) is 3.55. The molecule has 0 radical (unpaired) electrons. The summed E-state index contributed by atoms with van der Waals surface area (Å²) in [6, 6.07) is 4.38. The summed E-state index contributed by atoms with van der Waals surface area (Å²) in [7, 11) is 0. The predicted molar refractivity (Wildman–Crippen MR) is 73.0 cm³/mol. The Morgan fingerprint density at radius 2 is 2.17 bits per heavy atom. The van der Waals surface area contributed by atoms with Crippen molar-refractivity contribution >= 4 is 11.7 Å². The van der Waals surface area contributed by atoms with Crippen LogP contribution in [0.15, 0.2) is 18.3 Å². The number of fused-ring (bicyclic) bond motifs is 1. The van der Waals surface area contributed by atoms with Crippen molar-refractivity contribution in [3.63, 3.8) is 0 Å². The van der Waals surface area contributed by atoms with Gasteiger partial charge in [-0.3, -0.25) is 5.41 Å². The lowest BCUT2D eigenvalue weighted by atomic mass is 9.91. The lowest BCUT2D eigenvalue weighted by Gasteiger charge is -2.39. The van der Waals surface area contributed by atoms with E-state index in [4.69, 9.17) is 11.1 Å². The molecule has 2 unspecified atom stereocenters. The maximum absolute atomic E-state index is 7.69. The average molecular weight is 244 g/mol. The van der Waals surface area contributed by atoms with Crippen molar-refractivity contribution in [3.05, 3.63) is 23.9 Å². The van der Waals surface area contributed by atoms with Crippen molar-refractivity contribution in [1.82, 2.24) is 4.98 Å². The topological polar surface area (TPSA) is 66.0 Å². The van der Waals surface area contributed by atoms with Crippen LogP contribution in [0.3, 0.4) is 0 Å². The van der Waals surface area contributed by atoms with Crippen molar-refractivity contribution in [2.75, 3.05) is 11.4 Å². The van der Waals surface area contributed by atoms with Crippen LogP contribution in [0.1, 0.15) is 37.7 Å². The van der Waals surface area contributed by atoms with E-state index in [0.717, 1.165) is 23.8 Å².